The summed E-state index contributed by atoms with van der Waals surface area (Å²) in [6.45, 7) is 17.6. The highest BCUT2D eigenvalue weighted by Crippen LogP contribution is 2.45. The van der Waals surface area contributed by atoms with Crippen LogP contribution < -0.4 is 0 Å². The molecule has 0 aromatic carbocycles. The standard InChI is InChI=1S/C20H33NO4/c1-17(2,3)15-11-14(13-21-23-10)12-20(16(15)22,18(4,5)6)25-24-19(7,8)9/h11-13H,1-10H3/b21-13+. The average molecular weight is 351 g/mol. The summed E-state index contributed by atoms with van der Waals surface area (Å²) in [6, 6.07) is 0. The Morgan fingerprint density at radius 3 is 2.00 bits per heavy atom. The van der Waals surface area contributed by atoms with Crippen LogP contribution in [0.15, 0.2) is 28.5 Å². The lowest BCUT2D eigenvalue weighted by Crippen LogP contribution is -2.55. The number of ketones is 1. The Hall–Kier alpha value is -1.46. The number of rotatable bonds is 4. The van der Waals surface area contributed by atoms with E-state index in [4.69, 9.17) is 14.6 Å². The van der Waals surface area contributed by atoms with E-state index in [1.807, 2.05) is 68.4 Å². The van der Waals surface area contributed by atoms with Crippen LogP contribution in [0.3, 0.4) is 0 Å². The van der Waals surface area contributed by atoms with Crippen LogP contribution >= 0.6 is 0 Å². The lowest BCUT2D eigenvalue weighted by Gasteiger charge is -2.44. The van der Waals surface area contributed by atoms with Crippen molar-refractivity contribution in [2.45, 2.75) is 73.5 Å². The zero-order valence-corrected chi connectivity index (χ0v) is 17.3. The van der Waals surface area contributed by atoms with Gasteiger partial charge in [-0.2, -0.15) is 0 Å². The highest BCUT2D eigenvalue weighted by atomic mass is 17.2. The van der Waals surface area contributed by atoms with Crippen LogP contribution in [0.2, 0.25) is 0 Å². The minimum Gasteiger partial charge on any atom is -0.399 e. The summed E-state index contributed by atoms with van der Waals surface area (Å²) >= 11 is 0. The van der Waals surface area contributed by atoms with E-state index in [2.05, 4.69) is 5.16 Å². The van der Waals surface area contributed by atoms with Gasteiger partial charge < -0.3 is 4.84 Å². The molecule has 0 saturated carbocycles. The average Bonchev–Trinajstić information content (AvgIpc) is 2.41. The van der Waals surface area contributed by atoms with Gasteiger partial charge in [0.05, 0.1) is 11.8 Å². The molecule has 1 aliphatic rings. The second kappa shape index (κ2) is 7.04. The van der Waals surface area contributed by atoms with Gasteiger partial charge in [0, 0.05) is 11.0 Å². The molecular formula is C20H33NO4. The van der Waals surface area contributed by atoms with Crippen LogP contribution in [0.4, 0.5) is 0 Å². The predicted octanol–water partition coefficient (Wildman–Crippen LogP) is 4.63. The minimum absolute atomic E-state index is 0.0914. The summed E-state index contributed by atoms with van der Waals surface area (Å²) in [5.41, 5.74) is -1.27. The van der Waals surface area contributed by atoms with Gasteiger partial charge in [0.25, 0.3) is 0 Å². The number of hydrogen-bond acceptors (Lipinski definition) is 5. The smallest absolute Gasteiger partial charge is 0.199 e. The maximum absolute atomic E-state index is 13.5. The van der Waals surface area contributed by atoms with Crippen LogP contribution in [0.1, 0.15) is 62.3 Å². The molecule has 0 fully saturated rings. The maximum Gasteiger partial charge on any atom is 0.199 e. The molecule has 0 heterocycles. The molecule has 0 spiro atoms. The summed E-state index contributed by atoms with van der Waals surface area (Å²) in [7, 11) is 1.48. The predicted molar refractivity (Wildman–Crippen MR) is 100 cm³/mol. The molecule has 0 amide bonds. The van der Waals surface area contributed by atoms with E-state index < -0.39 is 16.6 Å². The lowest BCUT2D eigenvalue weighted by atomic mass is 9.65. The Morgan fingerprint density at radius 1 is 1.04 bits per heavy atom. The number of oxime groups is 1. The van der Waals surface area contributed by atoms with E-state index >= 15 is 0 Å². The molecular weight excluding hydrogens is 318 g/mol. The van der Waals surface area contributed by atoms with Crippen molar-refractivity contribution in [2.75, 3.05) is 7.11 Å². The topological polar surface area (TPSA) is 57.1 Å². The van der Waals surface area contributed by atoms with Crippen molar-refractivity contribution < 1.29 is 19.4 Å². The largest absolute Gasteiger partial charge is 0.399 e. The number of carbonyl (C=O) groups is 1. The van der Waals surface area contributed by atoms with Crippen molar-refractivity contribution in [3.05, 3.63) is 23.3 Å². The van der Waals surface area contributed by atoms with Crippen molar-refractivity contribution >= 4 is 12.0 Å². The molecule has 1 unspecified atom stereocenters. The normalized spacial score (nSPS) is 22.9. The SMILES string of the molecule is CO/N=C/C1=CC(OOC(C)(C)C)(C(C)(C)C)C(=O)C(C(C)(C)C)=C1. The van der Waals surface area contributed by atoms with E-state index in [1.54, 1.807) is 12.3 Å². The zero-order chi connectivity index (χ0) is 19.7. The fourth-order valence-electron chi connectivity index (χ4n) is 2.45. The molecule has 0 radical (unpaired) electrons. The van der Waals surface area contributed by atoms with Gasteiger partial charge in [-0.1, -0.05) is 46.7 Å². The summed E-state index contributed by atoms with van der Waals surface area (Å²) in [5.74, 6) is -0.0914. The van der Waals surface area contributed by atoms with Gasteiger partial charge in [0.15, 0.2) is 11.4 Å². The van der Waals surface area contributed by atoms with E-state index in [0.29, 0.717) is 5.57 Å². The fourth-order valence-corrected chi connectivity index (χ4v) is 2.45. The monoisotopic (exact) mass is 351 g/mol. The Morgan fingerprint density at radius 2 is 1.60 bits per heavy atom. The molecule has 0 aromatic heterocycles. The summed E-state index contributed by atoms with van der Waals surface area (Å²) in [5, 5.41) is 3.85. The van der Waals surface area contributed by atoms with E-state index in [0.717, 1.165) is 5.57 Å². The first-order valence-corrected chi connectivity index (χ1v) is 8.57. The van der Waals surface area contributed by atoms with Crippen molar-refractivity contribution in [1.82, 2.24) is 0 Å². The van der Waals surface area contributed by atoms with Crippen LogP contribution in [0, 0.1) is 10.8 Å². The van der Waals surface area contributed by atoms with Gasteiger partial charge in [-0.3, -0.25) is 4.79 Å². The Kier molecular flexibility index (Phi) is 6.08. The number of allylic oxidation sites excluding steroid dienone is 2. The number of hydrogen-bond donors (Lipinski definition) is 0. The molecule has 1 atom stereocenters. The number of carbonyl (C=O) groups excluding carboxylic acids is 1. The van der Waals surface area contributed by atoms with Crippen LogP contribution in [-0.2, 0) is 19.4 Å². The molecule has 0 aromatic rings. The molecule has 0 bridgehead atoms. The molecule has 25 heavy (non-hydrogen) atoms. The van der Waals surface area contributed by atoms with Crippen molar-refractivity contribution in [1.29, 1.82) is 0 Å². The first-order chi connectivity index (χ1) is 11.1. The molecule has 142 valence electrons. The van der Waals surface area contributed by atoms with Crippen LogP contribution in [-0.4, -0.2) is 30.3 Å². The summed E-state index contributed by atoms with van der Waals surface area (Å²) in [6.07, 6.45) is 5.20. The Bertz CT molecular complexity index is 595. The van der Waals surface area contributed by atoms with E-state index in [-0.39, 0.29) is 11.2 Å². The second-order valence-electron chi connectivity index (χ2n) is 9.46. The second-order valence-corrected chi connectivity index (χ2v) is 9.46. The third-order valence-corrected chi connectivity index (χ3v) is 3.92. The highest BCUT2D eigenvalue weighted by Gasteiger charge is 2.54. The Balaban J connectivity index is 3.56. The van der Waals surface area contributed by atoms with Crippen LogP contribution in [0.5, 0.6) is 0 Å². The fraction of sp³-hybridized carbons (Fsp3) is 0.700. The summed E-state index contributed by atoms with van der Waals surface area (Å²) in [4.78, 5) is 29.8. The quantitative estimate of drug-likeness (QED) is 0.421. The molecule has 1 aliphatic carbocycles. The molecule has 5 nitrogen and oxygen atoms in total. The molecule has 0 saturated heterocycles. The minimum atomic E-state index is -1.26. The van der Waals surface area contributed by atoms with Gasteiger partial charge in [0.2, 0.25) is 0 Å². The van der Waals surface area contributed by atoms with E-state index in [9.17, 15) is 4.79 Å². The van der Waals surface area contributed by atoms with Gasteiger partial charge >= 0.3 is 0 Å². The molecule has 0 aliphatic heterocycles. The van der Waals surface area contributed by atoms with Gasteiger partial charge in [-0.05, 0) is 43.9 Å². The molecule has 0 N–H and O–H groups in total. The number of nitrogens with zero attached hydrogens (tertiary/aromatic N) is 1. The molecule has 1 rings (SSSR count). The number of Topliss-reactive ketones (excluding diaryl/α,β-unsaturated/α-hetero) is 1. The lowest BCUT2D eigenvalue weighted by molar-refractivity contribution is -0.397. The van der Waals surface area contributed by atoms with Gasteiger partial charge in [-0.25, -0.2) is 9.78 Å². The highest BCUT2D eigenvalue weighted by molar-refractivity contribution is 6.09. The van der Waals surface area contributed by atoms with E-state index in [1.165, 1.54) is 7.11 Å². The summed E-state index contributed by atoms with van der Waals surface area (Å²) < 4.78 is 0. The van der Waals surface area contributed by atoms with Crippen molar-refractivity contribution in [3.63, 3.8) is 0 Å². The first kappa shape index (κ1) is 21.6. The third-order valence-electron chi connectivity index (χ3n) is 3.92. The first-order valence-electron chi connectivity index (χ1n) is 8.57. The van der Waals surface area contributed by atoms with Crippen molar-refractivity contribution in [2.24, 2.45) is 16.0 Å². The maximum atomic E-state index is 13.5. The zero-order valence-electron chi connectivity index (χ0n) is 17.3. The van der Waals surface area contributed by atoms with Crippen molar-refractivity contribution in [3.8, 4) is 0 Å². The van der Waals surface area contributed by atoms with Gasteiger partial charge in [0.1, 0.15) is 7.11 Å². The molecule has 5 heteroatoms. The Labute approximate surface area is 152 Å². The third kappa shape index (κ3) is 5.02. The van der Waals surface area contributed by atoms with Gasteiger partial charge in [-0.15, -0.1) is 0 Å². The van der Waals surface area contributed by atoms with Crippen LogP contribution in [0.25, 0.3) is 0 Å².